The molecule has 0 bridgehead atoms. The summed E-state index contributed by atoms with van der Waals surface area (Å²) >= 11 is 0. The van der Waals surface area contributed by atoms with Crippen molar-refractivity contribution < 1.29 is 27.5 Å². The van der Waals surface area contributed by atoms with Gasteiger partial charge in [-0.2, -0.15) is 13.2 Å². The summed E-state index contributed by atoms with van der Waals surface area (Å²) in [5, 5.41) is 1.68. The minimum Gasteiger partial charge on any atom is -0.452 e. The summed E-state index contributed by atoms with van der Waals surface area (Å²) in [6.45, 7) is -0.239. The van der Waals surface area contributed by atoms with Crippen LogP contribution in [0.2, 0.25) is 0 Å². The molecule has 2 aromatic rings. The van der Waals surface area contributed by atoms with Crippen molar-refractivity contribution in [1.82, 2.24) is 5.32 Å². The van der Waals surface area contributed by atoms with E-state index in [2.05, 4.69) is 0 Å². The highest BCUT2D eigenvalue weighted by Crippen LogP contribution is 2.19. The minimum absolute atomic E-state index is 0.0774. The van der Waals surface area contributed by atoms with Gasteiger partial charge in [0.2, 0.25) is 0 Å². The molecule has 0 heterocycles. The Kier molecular flexibility index (Phi) is 6.38. The number of hydrogen-bond acceptors (Lipinski definition) is 3. The third kappa shape index (κ3) is 6.23. The summed E-state index contributed by atoms with van der Waals surface area (Å²) < 4.78 is 41.1. The maximum Gasteiger partial charge on any atom is 0.405 e. The normalized spacial score (nSPS) is 12.3. The van der Waals surface area contributed by atoms with Gasteiger partial charge in [0.05, 0.1) is 6.42 Å². The zero-order valence-electron chi connectivity index (χ0n) is 14.0. The van der Waals surface area contributed by atoms with Crippen LogP contribution in [0, 0.1) is 0 Å². The number of hydrogen-bond donors (Lipinski definition) is 1. The third-order valence-corrected chi connectivity index (χ3v) is 3.55. The molecule has 0 aromatic heterocycles. The first-order chi connectivity index (χ1) is 12.2. The highest BCUT2D eigenvalue weighted by Gasteiger charge is 2.29. The molecule has 1 amide bonds. The van der Waals surface area contributed by atoms with Crippen molar-refractivity contribution in [2.24, 2.45) is 0 Å². The van der Waals surface area contributed by atoms with Crippen LogP contribution in [0.25, 0.3) is 11.1 Å². The largest absolute Gasteiger partial charge is 0.452 e. The van der Waals surface area contributed by atoms with Gasteiger partial charge < -0.3 is 10.1 Å². The fourth-order valence-corrected chi connectivity index (χ4v) is 2.24. The highest BCUT2D eigenvalue weighted by atomic mass is 19.4. The summed E-state index contributed by atoms with van der Waals surface area (Å²) in [7, 11) is 0. The molecule has 0 radical (unpaired) electrons. The lowest BCUT2D eigenvalue weighted by atomic mass is 10.0. The number of carbonyl (C=O) groups excluding carboxylic acids is 2. The van der Waals surface area contributed by atoms with Crippen molar-refractivity contribution in [3.63, 3.8) is 0 Å². The van der Waals surface area contributed by atoms with Crippen molar-refractivity contribution in [2.45, 2.75) is 25.6 Å². The maximum atomic E-state index is 12.1. The van der Waals surface area contributed by atoms with Crippen LogP contribution < -0.4 is 5.32 Å². The van der Waals surface area contributed by atoms with Gasteiger partial charge in [0.25, 0.3) is 5.91 Å². The lowest BCUT2D eigenvalue weighted by Crippen LogP contribution is -2.40. The van der Waals surface area contributed by atoms with Crippen LogP contribution in [0.5, 0.6) is 0 Å². The van der Waals surface area contributed by atoms with Gasteiger partial charge in [-0.15, -0.1) is 0 Å². The molecule has 0 fully saturated rings. The lowest BCUT2D eigenvalue weighted by Gasteiger charge is -2.14. The number of halogens is 3. The van der Waals surface area contributed by atoms with Crippen LogP contribution in [0.3, 0.4) is 0 Å². The number of benzene rings is 2. The Bertz CT molecular complexity index is 743. The number of carbonyl (C=O) groups is 2. The molecule has 26 heavy (non-hydrogen) atoms. The van der Waals surface area contributed by atoms with E-state index >= 15 is 0 Å². The molecule has 2 aromatic carbocycles. The van der Waals surface area contributed by atoms with E-state index in [1.807, 2.05) is 42.5 Å². The Labute approximate surface area is 149 Å². The van der Waals surface area contributed by atoms with Gasteiger partial charge in [-0.1, -0.05) is 54.6 Å². The average molecular weight is 365 g/mol. The van der Waals surface area contributed by atoms with E-state index in [0.29, 0.717) is 5.56 Å². The topological polar surface area (TPSA) is 55.4 Å². The van der Waals surface area contributed by atoms with E-state index in [0.717, 1.165) is 11.1 Å². The van der Waals surface area contributed by atoms with Crippen molar-refractivity contribution in [1.29, 1.82) is 0 Å². The minimum atomic E-state index is -4.51. The number of alkyl halides is 3. The molecule has 7 heteroatoms. The molecule has 0 aliphatic heterocycles. The second-order valence-electron chi connectivity index (χ2n) is 5.70. The predicted octanol–water partition coefficient (Wildman–Crippen LogP) is 3.51. The molecular formula is C19H18F3NO3. The van der Waals surface area contributed by atoms with Crippen molar-refractivity contribution >= 4 is 11.9 Å². The molecule has 1 atom stereocenters. The Balaban J connectivity index is 1.86. The smallest absolute Gasteiger partial charge is 0.405 e. The summed E-state index contributed by atoms with van der Waals surface area (Å²) in [6.07, 6.45) is -5.89. The average Bonchev–Trinajstić information content (AvgIpc) is 2.60. The summed E-state index contributed by atoms with van der Waals surface area (Å²) in [5.41, 5.74) is 2.71. The standard InChI is InChI=1S/C19H18F3NO3/c1-13(18(25)23-12-19(20,21)22)26-17(24)11-14-7-9-16(10-8-14)15-5-3-2-4-6-15/h2-10,13H,11-12H2,1H3,(H,23,25). The molecule has 0 saturated heterocycles. The molecule has 0 aliphatic carbocycles. The van der Waals surface area contributed by atoms with Crippen molar-refractivity contribution in [2.75, 3.05) is 6.54 Å². The van der Waals surface area contributed by atoms with E-state index in [9.17, 15) is 22.8 Å². The quantitative estimate of drug-likeness (QED) is 0.797. The Hall–Kier alpha value is -2.83. The fraction of sp³-hybridized carbons (Fsp3) is 0.263. The first-order valence-electron chi connectivity index (χ1n) is 7.93. The van der Waals surface area contributed by atoms with Gasteiger partial charge >= 0.3 is 12.1 Å². The second-order valence-corrected chi connectivity index (χ2v) is 5.70. The monoisotopic (exact) mass is 365 g/mol. The number of rotatable bonds is 6. The van der Waals surface area contributed by atoms with Crippen LogP contribution in [0.4, 0.5) is 13.2 Å². The number of ether oxygens (including phenoxy) is 1. The van der Waals surface area contributed by atoms with E-state index in [1.54, 1.807) is 17.4 Å². The maximum absolute atomic E-state index is 12.1. The van der Waals surface area contributed by atoms with Gasteiger partial charge in [0.1, 0.15) is 6.54 Å². The number of amides is 1. The van der Waals surface area contributed by atoms with E-state index in [4.69, 9.17) is 4.74 Å². The molecule has 2 rings (SSSR count). The zero-order valence-corrected chi connectivity index (χ0v) is 14.0. The van der Waals surface area contributed by atoms with E-state index < -0.39 is 30.7 Å². The zero-order chi connectivity index (χ0) is 19.2. The summed E-state index contributed by atoms with van der Waals surface area (Å²) in [5.74, 6) is -1.68. The van der Waals surface area contributed by atoms with Crippen LogP contribution in [-0.4, -0.2) is 30.7 Å². The Morgan fingerprint density at radius 3 is 2.15 bits per heavy atom. The highest BCUT2D eigenvalue weighted by molar-refractivity contribution is 5.84. The van der Waals surface area contributed by atoms with E-state index in [1.165, 1.54) is 6.92 Å². The first-order valence-corrected chi connectivity index (χ1v) is 7.93. The van der Waals surface area contributed by atoms with Gasteiger partial charge in [-0.25, -0.2) is 0 Å². The molecule has 138 valence electrons. The third-order valence-electron chi connectivity index (χ3n) is 3.55. The fourth-order valence-electron chi connectivity index (χ4n) is 2.24. The van der Waals surface area contributed by atoms with Crippen molar-refractivity contribution in [3.8, 4) is 11.1 Å². The molecule has 0 aliphatic rings. The van der Waals surface area contributed by atoms with Crippen LogP contribution in [-0.2, 0) is 20.7 Å². The number of nitrogens with one attached hydrogen (secondary N) is 1. The van der Waals surface area contributed by atoms with Gasteiger partial charge in [0.15, 0.2) is 6.10 Å². The Morgan fingerprint density at radius 1 is 1.00 bits per heavy atom. The first kappa shape index (κ1) is 19.5. The van der Waals surface area contributed by atoms with Crippen LogP contribution >= 0.6 is 0 Å². The molecule has 1 N–H and O–H groups in total. The Morgan fingerprint density at radius 2 is 1.58 bits per heavy atom. The second kappa shape index (κ2) is 8.51. The predicted molar refractivity (Wildman–Crippen MR) is 90.2 cm³/mol. The molecule has 4 nitrogen and oxygen atoms in total. The van der Waals surface area contributed by atoms with Gasteiger partial charge in [-0.3, -0.25) is 9.59 Å². The van der Waals surface area contributed by atoms with Crippen LogP contribution in [0.15, 0.2) is 54.6 Å². The SMILES string of the molecule is CC(OC(=O)Cc1ccc(-c2ccccc2)cc1)C(=O)NCC(F)(F)F. The molecular weight excluding hydrogens is 347 g/mol. The van der Waals surface area contributed by atoms with Crippen molar-refractivity contribution in [3.05, 3.63) is 60.2 Å². The lowest BCUT2D eigenvalue weighted by molar-refractivity contribution is -0.157. The molecule has 0 saturated carbocycles. The van der Waals surface area contributed by atoms with Gasteiger partial charge in [-0.05, 0) is 23.6 Å². The summed E-state index contributed by atoms with van der Waals surface area (Å²) in [6, 6.07) is 16.9. The summed E-state index contributed by atoms with van der Waals surface area (Å²) in [4.78, 5) is 23.3. The van der Waals surface area contributed by atoms with Crippen LogP contribution in [0.1, 0.15) is 12.5 Å². The number of esters is 1. The van der Waals surface area contributed by atoms with Gasteiger partial charge in [0, 0.05) is 0 Å². The molecule has 1 unspecified atom stereocenters. The van der Waals surface area contributed by atoms with E-state index in [-0.39, 0.29) is 6.42 Å². The molecule has 0 spiro atoms.